The number of carbonyl (C=O) groups is 1. The number of para-hydroxylation sites is 2. The van der Waals surface area contributed by atoms with Gasteiger partial charge in [0.15, 0.2) is 17.2 Å². The van der Waals surface area contributed by atoms with E-state index in [1.807, 2.05) is 0 Å². The number of halogens is 1. The topological polar surface area (TPSA) is 65.0 Å². The second-order valence-corrected chi connectivity index (χ2v) is 4.42. The lowest BCUT2D eigenvalue weighted by Gasteiger charge is -2.15. The van der Waals surface area contributed by atoms with E-state index in [0.717, 1.165) is 0 Å². The third kappa shape index (κ3) is 3.03. The Morgan fingerprint density at radius 2 is 1.57 bits per heavy atom. The number of rotatable bonds is 5. The average molecular weight is 309 g/mol. The summed E-state index contributed by atoms with van der Waals surface area (Å²) in [6.07, 6.45) is 0. The SMILES string of the molecule is COc1cccc(OC)c1Oc1c(Cl)cccc1C(=O)O. The summed E-state index contributed by atoms with van der Waals surface area (Å²) in [4.78, 5) is 11.3. The smallest absolute Gasteiger partial charge is 0.339 e. The number of benzene rings is 2. The fraction of sp³-hybridized carbons (Fsp3) is 0.133. The zero-order chi connectivity index (χ0) is 15.4. The second-order valence-electron chi connectivity index (χ2n) is 4.02. The minimum atomic E-state index is -1.14. The van der Waals surface area contributed by atoms with Crippen LogP contribution >= 0.6 is 11.6 Å². The van der Waals surface area contributed by atoms with Crippen LogP contribution in [0, 0.1) is 0 Å². The lowest BCUT2D eigenvalue weighted by molar-refractivity contribution is 0.0694. The molecule has 5 nitrogen and oxygen atoms in total. The fourth-order valence-electron chi connectivity index (χ4n) is 1.80. The Kier molecular flexibility index (Phi) is 4.55. The molecule has 0 aliphatic rings. The Balaban J connectivity index is 2.55. The summed E-state index contributed by atoms with van der Waals surface area (Å²) in [5.41, 5.74) is -0.0459. The normalized spacial score (nSPS) is 10.0. The lowest BCUT2D eigenvalue weighted by atomic mass is 10.2. The minimum Gasteiger partial charge on any atom is -0.493 e. The number of carboxylic acid groups (broad SMARTS) is 1. The van der Waals surface area contributed by atoms with Crippen molar-refractivity contribution in [3.63, 3.8) is 0 Å². The lowest BCUT2D eigenvalue weighted by Crippen LogP contribution is -2.02. The van der Waals surface area contributed by atoms with E-state index < -0.39 is 5.97 Å². The molecule has 21 heavy (non-hydrogen) atoms. The van der Waals surface area contributed by atoms with E-state index in [9.17, 15) is 9.90 Å². The van der Waals surface area contributed by atoms with E-state index in [4.69, 9.17) is 25.8 Å². The summed E-state index contributed by atoms with van der Waals surface area (Å²) >= 11 is 6.04. The maximum absolute atomic E-state index is 11.3. The van der Waals surface area contributed by atoms with Crippen molar-refractivity contribution in [2.45, 2.75) is 0 Å². The molecule has 2 aromatic rings. The van der Waals surface area contributed by atoms with E-state index >= 15 is 0 Å². The third-order valence-electron chi connectivity index (χ3n) is 2.78. The second kappa shape index (κ2) is 6.37. The van der Waals surface area contributed by atoms with Gasteiger partial charge in [0, 0.05) is 0 Å². The molecule has 0 saturated carbocycles. The van der Waals surface area contributed by atoms with Gasteiger partial charge in [-0.05, 0) is 24.3 Å². The molecule has 0 aliphatic carbocycles. The first-order valence-corrected chi connectivity index (χ1v) is 6.37. The molecular weight excluding hydrogens is 296 g/mol. The quantitative estimate of drug-likeness (QED) is 0.909. The molecule has 1 N–H and O–H groups in total. The molecule has 2 aromatic carbocycles. The average Bonchev–Trinajstić information content (AvgIpc) is 2.49. The zero-order valence-corrected chi connectivity index (χ0v) is 12.2. The molecule has 0 atom stereocenters. The first-order valence-electron chi connectivity index (χ1n) is 5.99. The Morgan fingerprint density at radius 1 is 1.00 bits per heavy atom. The molecule has 0 unspecified atom stereocenters. The summed E-state index contributed by atoms with van der Waals surface area (Å²) in [5.74, 6) is -0.0230. The Hall–Kier alpha value is -2.40. The van der Waals surface area contributed by atoms with Crippen LogP contribution in [0.1, 0.15) is 10.4 Å². The van der Waals surface area contributed by atoms with Crippen LogP contribution < -0.4 is 14.2 Å². The Labute approximate surface area is 126 Å². The van der Waals surface area contributed by atoms with E-state index in [2.05, 4.69) is 0 Å². The molecule has 0 amide bonds. The summed E-state index contributed by atoms with van der Waals surface area (Å²) in [5, 5.41) is 9.40. The van der Waals surface area contributed by atoms with Gasteiger partial charge in [0.1, 0.15) is 5.56 Å². The number of hydrogen-bond donors (Lipinski definition) is 1. The van der Waals surface area contributed by atoms with Gasteiger partial charge in [-0.15, -0.1) is 0 Å². The molecule has 0 fully saturated rings. The summed E-state index contributed by atoms with van der Waals surface area (Å²) in [6.45, 7) is 0. The number of methoxy groups -OCH3 is 2. The summed E-state index contributed by atoms with van der Waals surface area (Å²) in [6, 6.07) is 9.58. The predicted octanol–water partition coefficient (Wildman–Crippen LogP) is 3.85. The van der Waals surface area contributed by atoms with E-state index in [-0.39, 0.29) is 22.1 Å². The van der Waals surface area contributed by atoms with Crippen LogP contribution in [-0.4, -0.2) is 25.3 Å². The maximum atomic E-state index is 11.3. The van der Waals surface area contributed by atoms with E-state index in [1.54, 1.807) is 24.3 Å². The molecule has 0 heterocycles. The highest BCUT2D eigenvalue weighted by Gasteiger charge is 2.19. The van der Waals surface area contributed by atoms with Gasteiger partial charge >= 0.3 is 5.97 Å². The first kappa shape index (κ1) is 15.0. The Bertz CT molecular complexity index is 647. The van der Waals surface area contributed by atoms with Crippen molar-refractivity contribution in [1.29, 1.82) is 0 Å². The van der Waals surface area contributed by atoms with E-state index in [0.29, 0.717) is 11.5 Å². The fourth-order valence-corrected chi connectivity index (χ4v) is 2.01. The van der Waals surface area contributed by atoms with Crippen LogP contribution in [0.5, 0.6) is 23.0 Å². The summed E-state index contributed by atoms with van der Waals surface area (Å²) < 4.78 is 16.1. The number of ether oxygens (including phenoxy) is 3. The van der Waals surface area contributed by atoms with Crippen LogP contribution in [0.4, 0.5) is 0 Å². The van der Waals surface area contributed by atoms with Crippen LogP contribution in [0.25, 0.3) is 0 Å². The van der Waals surface area contributed by atoms with Gasteiger partial charge in [0.25, 0.3) is 0 Å². The maximum Gasteiger partial charge on any atom is 0.339 e. The molecule has 0 radical (unpaired) electrons. The van der Waals surface area contributed by atoms with Crippen LogP contribution in [0.3, 0.4) is 0 Å². The number of carboxylic acids is 1. The van der Waals surface area contributed by atoms with Gasteiger partial charge in [-0.25, -0.2) is 4.79 Å². The van der Waals surface area contributed by atoms with Crippen LogP contribution in [-0.2, 0) is 0 Å². The highest BCUT2D eigenvalue weighted by atomic mass is 35.5. The van der Waals surface area contributed by atoms with Crippen molar-refractivity contribution in [1.82, 2.24) is 0 Å². The van der Waals surface area contributed by atoms with Crippen LogP contribution in [0.15, 0.2) is 36.4 Å². The van der Waals surface area contributed by atoms with Crippen molar-refractivity contribution in [3.8, 4) is 23.0 Å². The zero-order valence-electron chi connectivity index (χ0n) is 11.4. The molecule has 0 saturated heterocycles. The third-order valence-corrected chi connectivity index (χ3v) is 3.08. The Morgan fingerprint density at radius 3 is 2.10 bits per heavy atom. The molecule has 0 bridgehead atoms. The summed E-state index contributed by atoms with van der Waals surface area (Å²) in [7, 11) is 2.96. The van der Waals surface area contributed by atoms with Crippen molar-refractivity contribution >= 4 is 17.6 Å². The monoisotopic (exact) mass is 308 g/mol. The molecule has 0 aliphatic heterocycles. The first-order chi connectivity index (χ1) is 10.1. The van der Waals surface area contributed by atoms with Crippen molar-refractivity contribution < 1.29 is 24.1 Å². The van der Waals surface area contributed by atoms with Gasteiger partial charge in [-0.3, -0.25) is 0 Å². The van der Waals surface area contributed by atoms with Crippen molar-refractivity contribution in [2.75, 3.05) is 14.2 Å². The molecule has 110 valence electrons. The predicted molar refractivity (Wildman–Crippen MR) is 78.0 cm³/mol. The highest BCUT2D eigenvalue weighted by Crippen LogP contribution is 2.42. The molecule has 2 rings (SSSR count). The largest absolute Gasteiger partial charge is 0.493 e. The standard InChI is InChI=1S/C15H13ClO5/c1-19-11-7-4-8-12(20-2)14(11)21-13-9(15(17)18)5-3-6-10(13)16/h3-8H,1-2H3,(H,17,18). The van der Waals surface area contributed by atoms with Crippen LogP contribution in [0.2, 0.25) is 5.02 Å². The number of hydrogen-bond acceptors (Lipinski definition) is 4. The minimum absolute atomic E-state index is 0.0365. The van der Waals surface area contributed by atoms with Gasteiger partial charge in [-0.1, -0.05) is 23.7 Å². The molecule has 0 spiro atoms. The van der Waals surface area contributed by atoms with Crippen molar-refractivity contribution in [2.24, 2.45) is 0 Å². The van der Waals surface area contributed by atoms with Gasteiger partial charge in [0.05, 0.1) is 19.2 Å². The van der Waals surface area contributed by atoms with Gasteiger partial charge in [0.2, 0.25) is 5.75 Å². The van der Waals surface area contributed by atoms with Gasteiger partial charge < -0.3 is 19.3 Å². The molecular formula is C15H13ClO5. The molecule has 6 heteroatoms. The van der Waals surface area contributed by atoms with E-state index in [1.165, 1.54) is 26.4 Å². The number of aromatic carboxylic acids is 1. The van der Waals surface area contributed by atoms with Gasteiger partial charge in [-0.2, -0.15) is 0 Å². The molecule has 0 aromatic heterocycles. The van der Waals surface area contributed by atoms with Crippen molar-refractivity contribution in [3.05, 3.63) is 47.0 Å². The highest BCUT2D eigenvalue weighted by molar-refractivity contribution is 6.32.